The Morgan fingerprint density at radius 2 is 1.89 bits per heavy atom. The molecule has 1 N–H and O–H groups in total. The Labute approximate surface area is 116 Å². The molecule has 1 aliphatic rings. The first-order valence-electron chi connectivity index (χ1n) is 6.94. The second kappa shape index (κ2) is 5.74. The highest BCUT2D eigenvalue weighted by molar-refractivity contribution is 5.43. The van der Waals surface area contributed by atoms with Crippen molar-refractivity contribution in [2.75, 3.05) is 50.0 Å². The lowest BCUT2D eigenvalue weighted by molar-refractivity contribution is 0.312. The van der Waals surface area contributed by atoms with E-state index in [0.29, 0.717) is 0 Å². The molecule has 1 aliphatic heterocycles. The van der Waals surface area contributed by atoms with Crippen molar-refractivity contribution in [3.05, 3.63) is 12.3 Å². The van der Waals surface area contributed by atoms with Gasteiger partial charge >= 0.3 is 0 Å². The topological polar surface area (TPSA) is 44.3 Å². The summed E-state index contributed by atoms with van der Waals surface area (Å²) >= 11 is 0. The number of nitrogens with one attached hydrogen (secondary N) is 1. The molecule has 0 aliphatic carbocycles. The van der Waals surface area contributed by atoms with Crippen LogP contribution in [0, 0.1) is 5.41 Å². The van der Waals surface area contributed by atoms with E-state index in [2.05, 4.69) is 52.9 Å². The molecule has 1 aromatic rings. The lowest BCUT2D eigenvalue weighted by Crippen LogP contribution is -2.44. The summed E-state index contributed by atoms with van der Waals surface area (Å²) in [5.74, 6) is 1.76. The van der Waals surface area contributed by atoms with Gasteiger partial charge in [-0.25, -0.2) is 4.98 Å². The maximum absolute atomic E-state index is 4.61. The highest BCUT2D eigenvalue weighted by Crippen LogP contribution is 2.16. The van der Waals surface area contributed by atoms with Crippen molar-refractivity contribution < 1.29 is 0 Å². The van der Waals surface area contributed by atoms with Crippen LogP contribution in [-0.4, -0.2) is 54.6 Å². The van der Waals surface area contributed by atoms with E-state index in [-0.39, 0.29) is 5.41 Å². The molecule has 5 heteroatoms. The number of nitrogens with zero attached hydrogens (tertiary/aromatic N) is 4. The Balaban J connectivity index is 1.99. The fraction of sp³-hybridized carbons (Fsp3) is 0.714. The van der Waals surface area contributed by atoms with Gasteiger partial charge in [0.15, 0.2) is 0 Å². The molecule has 0 saturated carbocycles. The molecule has 2 heterocycles. The van der Waals surface area contributed by atoms with Gasteiger partial charge < -0.3 is 15.1 Å². The van der Waals surface area contributed by atoms with Gasteiger partial charge in [-0.3, -0.25) is 0 Å². The standard InChI is InChI=1S/C14H25N5/c1-14(2,3)11-16-13-15-6-5-12(17-13)19-9-7-18(4)8-10-19/h5-6H,7-11H2,1-4H3,(H,15,16,17). The summed E-state index contributed by atoms with van der Waals surface area (Å²) in [5.41, 5.74) is 0.229. The average molecular weight is 263 g/mol. The molecule has 0 spiro atoms. The van der Waals surface area contributed by atoms with Gasteiger partial charge in [0.25, 0.3) is 0 Å². The molecule has 1 fully saturated rings. The van der Waals surface area contributed by atoms with Gasteiger partial charge in [0.05, 0.1) is 0 Å². The van der Waals surface area contributed by atoms with Crippen LogP contribution in [0.25, 0.3) is 0 Å². The van der Waals surface area contributed by atoms with E-state index in [1.165, 1.54) is 0 Å². The minimum Gasteiger partial charge on any atom is -0.354 e. The molecule has 0 amide bonds. The van der Waals surface area contributed by atoms with Crippen LogP contribution < -0.4 is 10.2 Å². The average Bonchev–Trinajstić information content (AvgIpc) is 2.37. The van der Waals surface area contributed by atoms with Gasteiger partial charge in [-0.05, 0) is 18.5 Å². The van der Waals surface area contributed by atoms with Gasteiger partial charge in [0.1, 0.15) is 5.82 Å². The van der Waals surface area contributed by atoms with Crippen LogP contribution in [0.3, 0.4) is 0 Å². The first-order chi connectivity index (χ1) is 8.94. The second-order valence-electron chi connectivity index (χ2n) is 6.44. The van der Waals surface area contributed by atoms with Crippen LogP contribution in [0.1, 0.15) is 20.8 Å². The highest BCUT2D eigenvalue weighted by Gasteiger charge is 2.16. The van der Waals surface area contributed by atoms with Crippen LogP contribution in [0.2, 0.25) is 0 Å². The monoisotopic (exact) mass is 263 g/mol. The third kappa shape index (κ3) is 4.35. The third-order valence-electron chi connectivity index (χ3n) is 3.24. The number of likely N-dealkylation sites (N-methyl/N-ethyl adjacent to an activating group) is 1. The van der Waals surface area contributed by atoms with Crippen LogP contribution in [0.5, 0.6) is 0 Å². The number of aromatic nitrogens is 2. The molecule has 2 rings (SSSR count). The van der Waals surface area contributed by atoms with Crippen LogP contribution in [0.15, 0.2) is 12.3 Å². The molecule has 106 valence electrons. The lowest BCUT2D eigenvalue weighted by Gasteiger charge is -2.33. The minimum absolute atomic E-state index is 0.229. The zero-order valence-corrected chi connectivity index (χ0v) is 12.5. The van der Waals surface area contributed by atoms with Crippen molar-refractivity contribution in [1.29, 1.82) is 0 Å². The Kier molecular flexibility index (Phi) is 4.24. The van der Waals surface area contributed by atoms with Crippen molar-refractivity contribution in [2.45, 2.75) is 20.8 Å². The van der Waals surface area contributed by atoms with Crippen molar-refractivity contribution >= 4 is 11.8 Å². The predicted molar refractivity (Wildman–Crippen MR) is 79.7 cm³/mol. The number of anilines is 2. The summed E-state index contributed by atoms with van der Waals surface area (Å²) in [6.45, 7) is 11.7. The Hall–Kier alpha value is -1.36. The van der Waals surface area contributed by atoms with Crippen molar-refractivity contribution in [2.24, 2.45) is 5.41 Å². The lowest BCUT2D eigenvalue weighted by atomic mass is 9.97. The number of rotatable bonds is 3. The normalized spacial score (nSPS) is 17.6. The summed E-state index contributed by atoms with van der Waals surface area (Å²) in [7, 11) is 2.16. The molecule has 0 unspecified atom stereocenters. The minimum atomic E-state index is 0.229. The maximum Gasteiger partial charge on any atom is 0.224 e. The van der Waals surface area contributed by atoms with Gasteiger partial charge in [0, 0.05) is 38.9 Å². The van der Waals surface area contributed by atoms with Crippen molar-refractivity contribution in [1.82, 2.24) is 14.9 Å². The Morgan fingerprint density at radius 3 is 2.53 bits per heavy atom. The number of hydrogen-bond acceptors (Lipinski definition) is 5. The summed E-state index contributed by atoms with van der Waals surface area (Å²) < 4.78 is 0. The summed E-state index contributed by atoms with van der Waals surface area (Å²) in [6, 6.07) is 1.99. The van der Waals surface area contributed by atoms with E-state index < -0.39 is 0 Å². The van der Waals surface area contributed by atoms with Gasteiger partial charge in [-0.15, -0.1) is 0 Å². The maximum atomic E-state index is 4.61. The van der Waals surface area contributed by atoms with Gasteiger partial charge in [0.2, 0.25) is 5.95 Å². The zero-order chi connectivity index (χ0) is 13.9. The molecule has 1 saturated heterocycles. The summed E-state index contributed by atoms with van der Waals surface area (Å²) in [5, 5.41) is 3.31. The van der Waals surface area contributed by atoms with Crippen LogP contribution in [-0.2, 0) is 0 Å². The van der Waals surface area contributed by atoms with Crippen molar-refractivity contribution in [3.63, 3.8) is 0 Å². The predicted octanol–water partition coefficient (Wildman–Crippen LogP) is 1.69. The smallest absolute Gasteiger partial charge is 0.224 e. The summed E-state index contributed by atoms with van der Waals surface area (Å²) in [4.78, 5) is 13.6. The molecule has 0 aromatic carbocycles. The van der Waals surface area contributed by atoms with E-state index in [4.69, 9.17) is 0 Å². The van der Waals surface area contributed by atoms with Crippen LogP contribution >= 0.6 is 0 Å². The van der Waals surface area contributed by atoms with E-state index in [0.717, 1.165) is 44.5 Å². The third-order valence-corrected chi connectivity index (χ3v) is 3.24. The summed E-state index contributed by atoms with van der Waals surface area (Å²) in [6.07, 6.45) is 1.84. The molecular weight excluding hydrogens is 238 g/mol. The van der Waals surface area contributed by atoms with Crippen LogP contribution in [0.4, 0.5) is 11.8 Å². The molecule has 0 radical (unpaired) electrons. The molecule has 0 atom stereocenters. The molecule has 1 aromatic heterocycles. The Morgan fingerprint density at radius 1 is 1.21 bits per heavy atom. The SMILES string of the molecule is CN1CCN(c2ccnc(NCC(C)(C)C)n2)CC1. The first kappa shape index (κ1) is 14.1. The zero-order valence-electron chi connectivity index (χ0n) is 12.5. The van der Waals surface area contributed by atoms with E-state index in [1.54, 1.807) is 0 Å². The Bertz CT molecular complexity index is 405. The first-order valence-corrected chi connectivity index (χ1v) is 6.94. The molecule has 0 bridgehead atoms. The second-order valence-corrected chi connectivity index (χ2v) is 6.44. The van der Waals surface area contributed by atoms with E-state index >= 15 is 0 Å². The molecular formula is C14H25N5. The van der Waals surface area contributed by atoms with Crippen molar-refractivity contribution in [3.8, 4) is 0 Å². The largest absolute Gasteiger partial charge is 0.354 e. The number of hydrogen-bond donors (Lipinski definition) is 1. The molecule has 19 heavy (non-hydrogen) atoms. The fourth-order valence-corrected chi connectivity index (χ4v) is 1.99. The fourth-order valence-electron chi connectivity index (χ4n) is 1.99. The van der Waals surface area contributed by atoms with Gasteiger partial charge in [-0.2, -0.15) is 4.98 Å². The van der Waals surface area contributed by atoms with Gasteiger partial charge in [-0.1, -0.05) is 20.8 Å². The van der Waals surface area contributed by atoms with E-state index in [1.807, 2.05) is 12.3 Å². The molecule has 5 nitrogen and oxygen atoms in total. The van der Waals surface area contributed by atoms with E-state index in [9.17, 15) is 0 Å². The number of piperazine rings is 1. The quantitative estimate of drug-likeness (QED) is 0.899. The highest BCUT2D eigenvalue weighted by atomic mass is 15.3.